The van der Waals surface area contributed by atoms with Crippen molar-refractivity contribution in [3.63, 3.8) is 0 Å². The molecule has 6 heteroatoms. The SMILES string of the molecule is COc1ccc(-n2cc3c(c2O)c2ccccc2n3C)cc1OCCN1CCCCC1. The summed E-state index contributed by atoms with van der Waals surface area (Å²) >= 11 is 0. The number of piperidine rings is 1. The molecule has 0 saturated carbocycles. The van der Waals surface area contributed by atoms with E-state index in [1.165, 1.54) is 19.3 Å². The van der Waals surface area contributed by atoms with Gasteiger partial charge in [-0.3, -0.25) is 9.47 Å². The van der Waals surface area contributed by atoms with E-state index >= 15 is 0 Å². The van der Waals surface area contributed by atoms with E-state index < -0.39 is 0 Å². The molecule has 1 aliphatic rings. The van der Waals surface area contributed by atoms with Gasteiger partial charge < -0.3 is 19.1 Å². The maximum absolute atomic E-state index is 11.1. The van der Waals surface area contributed by atoms with Crippen LogP contribution in [0.3, 0.4) is 0 Å². The van der Waals surface area contributed by atoms with Gasteiger partial charge in [-0.2, -0.15) is 0 Å². The number of benzene rings is 2. The number of aromatic nitrogens is 2. The number of likely N-dealkylation sites (tertiary alicyclic amines) is 1. The van der Waals surface area contributed by atoms with E-state index in [4.69, 9.17) is 9.47 Å². The second kappa shape index (κ2) is 8.19. The average molecular weight is 420 g/mol. The number of ether oxygens (including phenoxy) is 2. The smallest absolute Gasteiger partial charge is 0.206 e. The predicted molar refractivity (Wildman–Crippen MR) is 124 cm³/mol. The van der Waals surface area contributed by atoms with Crippen molar-refractivity contribution in [1.29, 1.82) is 0 Å². The first-order valence-electron chi connectivity index (χ1n) is 11.0. The average Bonchev–Trinajstić information content (AvgIpc) is 3.30. The summed E-state index contributed by atoms with van der Waals surface area (Å²) in [5.74, 6) is 1.62. The fraction of sp³-hybridized carbons (Fsp3) is 0.360. The zero-order valence-electron chi connectivity index (χ0n) is 18.2. The van der Waals surface area contributed by atoms with Crippen LogP contribution < -0.4 is 9.47 Å². The van der Waals surface area contributed by atoms with E-state index in [1.54, 1.807) is 7.11 Å². The lowest BCUT2D eigenvalue weighted by molar-refractivity contribution is 0.180. The molecule has 1 aliphatic heterocycles. The highest BCUT2D eigenvalue weighted by Crippen LogP contribution is 2.39. The Bertz CT molecular complexity index is 1220. The van der Waals surface area contributed by atoms with Crippen LogP contribution in [0.5, 0.6) is 17.4 Å². The molecule has 0 unspecified atom stereocenters. The largest absolute Gasteiger partial charge is 0.494 e. The van der Waals surface area contributed by atoms with Gasteiger partial charge in [-0.05, 0) is 44.1 Å². The van der Waals surface area contributed by atoms with Gasteiger partial charge in [0.25, 0.3) is 0 Å². The van der Waals surface area contributed by atoms with Crippen LogP contribution >= 0.6 is 0 Å². The Labute approximate surface area is 182 Å². The number of nitrogens with zero attached hydrogens (tertiary/aromatic N) is 3. The molecule has 162 valence electrons. The summed E-state index contributed by atoms with van der Waals surface area (Å²) in [5.41, 5.74) is 2.93. The number of hydrogen-bond acceptors (Lipinski definition) is 4. The lowest BCUT2D eigenvalue weighted by atomic mass is 10.1. The maximum atomic E-state index is 11.1. The van der Waals surface area contributed by atoms with Gasteiger partial charge in [-0.15, -0.1) is 0 Å². The van der Waals surface area contributed by atoms with Crippen LogP contribution in [0.15, 0.2) is 48.7 Å². The Morgan fingerprint density at radius 1 is 0.968 bits per heavy atom. The van der Waals surface area contributed by atoms with Crippen LogP contribution in [0.2, 0.25) is 0 Å². The summed E-state index contributed by atoms with van der Waals surface area (Å²) in [6.07, 6.45) is 5.85. The van der Waals surface area contributed by atoms with E-state index in [2.05, 4.69) is 15.5 Å². The van der Waals surface area contributed by atoms with Gasteiger partial charge in [0.15, 0.2) is 11.5 Å². The van der Waals surface area contributed by atoms with Gasteiger partial charge in [0.2, 0.25) is 5.88 Å². The van der Waals surface area contributed by atoms with Crippen molar-refractivity contribution in [2.75, 3.05) is 33.4 Å². The Morgan fingerprint density at radius 2 is 1.77 bits per heavy atom. The standard InChI is InChI=1S/C25H29N3O3/c1-26-20-9-5-4-8-19(20)24-21(26)17-28(25(24)29)18-10-11-22(30-2)23(16-18)31-15-14-27-12-6-3-7-13-27/h4-5,8-11,16-17,29H,3,6-7,12-15H2,1-2H3. The van der Waals surface area contributed by atoms with Crippen molar-refractivity contribution >= 4 is 21.8 Å². The van der Waals surface area contributed by atoms with E-state index in [-0.39, 0.29) is 5.88 Å². The minimum atomic E-state index is 0.233. The Kier molecular flexibility index (Phi) is 5.24. The molecule has 0 radical (unpaired) electrons. The molecule has 0 atom stereocenters. The number of aromatic hydroxyl groups is 1. The lowest BCUT2D eigenvalue weighted by Crippen LogP contribution is -2.33. The number of fused-ring (bicyclic) bond motifs is 3. The monoisotopic (exact) mass is 419 g/mol. The second-order valence-corrected chi connectivity index (χ2v) is 8.25. The van der Waals surface area contributed by atoms with Crippen LogP contribution in [0.25, 0.3) is 27.5 Å². The summed E-state index contributed by atoms with van der Waals surface area (Å²) in [6, 6.07) is 13.9. The number of aryl methyl sites for hydroxylation is 1. The minimum absolute atomic E-state index is 0.233. The minimum Gasteiger partial charge on any atom is -0.494 e. The predicted octanol–water partition coefficient (Wildman–Crippen LogP) is 4.70. The summed E-state index contributed by atoms with van der Waals surface area (Å²) < 4.78 is 15.6. The molecule has 1 saturated heterocycles. The molecule has 2 aromatic carbocycles. The fourth-order valence-corrected chi connectivity index (χ4v) is 4.70. The maximum Gasteiger partial charge on any atom is 0.206 e. The van der Waals surface area contributed by atoms with Crippen molar-refractivity contribution in [3.05, 3.63) is 48.7 Å². The lowest BCUT2D eigenvalue weighted by Gasteiger charge is -2.26. The molecule has 4 aromatic rings. The molecule has 2 aromatic heterocycles. The fourth-order valence-electron chi connectivity index (χ4n) is 4.70. The van der Waals surface area contributed by atoms with Crippen molar-refractivity contribution in [1.82, 2.24) is 14.0 Å². The highest BCUT2D eigenvalue weighted by Gasteiger charge is 2.18. The molecule has 6 nitrogen and oxygen atoms in total. The van der Waals surface area contributed by atoms with E-state index in [1.807, 2.05) is 54.2 Å². The topological polar surface area (TPSA) is 51.8 Å². The third kappa shape index (κ3) is 3.51. The highest BCUT2D eigenvalue weighted by molar-refractivity contribution is 6.11. The molecule has 1 fully saturated rings. The zero-order chi connectivity index (χ0) is 21.4. The molecule has 3 heterocycles. The Balaban J connectivity index is 1.46. The van der Waals surface area contributed by atoms with Gasteiger partial charge in [-0.1, -0.05) is 24.6 Å². The van der Waals surface area contributed by atoms with Crippen LogP contribution in [0.1, 0.15) is 19.3 Å². The summed E-state index contributed by atoms with van der Waals surface area (Å²) in [6.45, 7) is 3.83. The zero-order valence-corrected chi connectivity index (χ0v) is 18.2. The van der Waals surface area contributed by atoms with Crippen LogP contribution in [-0.2, 0) is 7.05 Å². The molecule has 0 amide bonds. The van der Waals surface area contributed by atoms with Crippen molar-refractivity contribution in [2.24, 2.45) is 7.05 Å². The normalized spacial score (nSPS) is 15.0. The number of methoxy groups -OCH3 is 1. The Hall–Kier alpha value is -3.12. The molecule has 1 N–H and O–H groups in total. The number of para-hydroxylation sites is 1. The summed E-state index contributed by atoms with van der Waals surface area (Å²) in [4.78, 5) is 2.45. The van der Waals surface area contributed by atoms with Gasteiger partial charge in [0.1, 0.15) is 6.61 Å². The first-order chi connectivity index (χ1) is 15.2. The third-order valence-corrected chi connectivity index (χ3v) is 6.39. The van der Waals surface area contributed by atoms with Gasteiger partial charge in [0, 0.05) is 36.8 Å². The van der Waals surface area contributed by atoms with Crippen molar-refractivity contribution < 1.29 is 14.6 Å². The van der Waals surface area contributed by atoms with Crippen molar-refractivity contribution in [3.8, 4) is 23.1 Å². The highest BCUT2D eigenvalue weighted by atomic mass is 16.5. The second-order valence-electron chi connectivity index (χ2n) is 8.25. The molecular formula is C25H29N3O3. The van der Waals surface area contributed by atoms with Crippen LogP contribution in [0, 0.1) is 0 Å². The van der Waals surface area contributed by atoms with E-state index in [0.717, 1.165) is 47.1 Å². The first kappa shape index (κ1) is 19.8. The third-order valence-electron chi connectivity index (χ3n) is 6.39. The van der Waals surface area contributed by atoms with Crippen LogP contribution in [-0.4, -0.2) is 52.5 Å². The molecule has 31 heavy (non-hydrogen) atoms. The van der Waals surface area contributed by atoms with Gasteiger partial charge in [-0.25, -0.2) is 0 Å². The molecule has 5 rings (SSSR count). The Morgan fingerprint density at radius 3 is 2.58 bits per heavy atom. The van der Waals surface area contributed by atoms with E-state index in [9.17, 15) is 5.11 Å². The number of rotatable bonds is 6. The van der Waals surface area contributed by atoms with Gasteiger partial charge in [0.05, 0.1) is 23.7 Å². The molecular weight excluding hydrogens is 390 g/mol. The molecule has 0 spiro atoms. The van der Waals surface area contributed by atoms with Crippen molar-refractivity contribution in [2.45, 2.75) is 19.3 Å². The molecule has 0 bridgehead atoms. The van der Waals surface area contributed by atoms with Crippen LogP contribution in [0.4, 0.5) is 0 Å². The van der Waals surface area contributed by atoms with E-state index in [0.29, 0.717) is 18.1 Å². The quantitative estimate of drug-likeness (QED) is 0.492. The summed E-state index contributed by atoms with van der Waals surface area (Å²) in [7, 11) is 3.68. The molecule has 0 aliphatic carbocycles. The first-order valence-corrected chi connectivity index (χ1v) is 11.0. The summed E-state index contributed by atoms with van der Waals surface area (Å²) in [5, 5.41) is 13.0. The number of hydrogen-bond donors (Lipinski definition) is 1. The van der Waals surface area contributed by atoms with Gasteiger partial charge >= 0.3 is 0 Å².